The summed E-state index contributed by atoms with van der Waals surface area (Å²) in [7, 11) is -2.29. The molecule has 300 valence electrons. The van der Waals surface area contributed by atoms with Crippen LogP contribution in [0.5, 0.6) is 0 Å². The molecule has 0 radical (unpaired) electrons. The molecule has 2 aromatic carbocycles. The van der Waals surface area contributed by atoms with E-state index in [9.17, 15) is 24.3 Å². The van der Waals surface area contributed by atoms with Crippen LogP contribution in [0.1, 0.15) is 85.5 Å². The molecule has 1 aliphatic rings. The Labute approximate surface area is 335 Å². The van der Waals surface area contributed by atoms with Gasteiger partial charge in [-0.2, -0.15) is 0 Å². The third-order valence-corrected chi connectivity index (χ3v) is 15.0. The van der Waals surface area contributed by atoms with Gasteiger partial charge in [0.15, 0.2) is 8.32 Å². The number of fused-ring (bicyclic) bond motifs is 1. The normalized spacial score (nSPS) is 18.6. The molecule has 3 rings (SSSR count). The number of hydrogen-bond donors (Lipinski definition) is 4. The van der Waals surface area contributed by atoms with Crippen molar-refractivity contribution in [2.75, 3.05) is 19.8 Å². The molecule has 0 unspecified atom stereocenters. The molecular weight excluding hydrogens is 771 g/mol. The SMILES string of the molecule is CC(C)[C@H](NC(=O)[C@](C)(C=Cc1ccc2ccc([C@@H](C)O)cc2c1)CO[Si](C)(C)C(C)(C)C)C(=O)N[C@@H](C)C(=O)N1CCC[C@@H](C(=O)OCC(Cl)(Cl)Cl)N1. The first-order chi connectivity index (χ1) is 24.8. The second kappa shape index (κ2) is 18.5. The number of nitrogens with one attached hydrogen (secondary N) is 3. The number of benzene rings is 2. The van der Waals surface area contributed by atoms with Crippen LogP contribution in [0.3, 0.4) is 0 Å². The summed E-state index contributed by atoms with van der Waals surface area (Å²) in [5, 5.41) is 19.0. The Hall–Kier alpha value is -2.71. The van der Waals surface area contributed by atoms with Crippen LogP contribution < -0.4 is 16.1 Å². The summed E-state index contributed by atoms with van der Waals surface area (Å²) in [6.45, 7) is 19.2. The first-order valence-corrected chi connectivity index (χ1v) is 22.3. The van der Waals surface area contributed by atoms with Gasteiger partial charge in [0, 0.05) is 6.54 Å². The third-order valence-electron chi connectivity index (χ3n) is 10.2. The van der Waals surface area contributed by atoms with Crippen molar-refractivity contribution in [1.82, 2.24) is 21.1 Å². The minimum absolute atomic E-state index is 0.0821. The fourth-order valence-corrected chi connectivity index (χ4v) is 6.73. The largest absolute Gasteiger partial charge is 0.460 e. The Morgan fingerprint density at radius 1 is 0.981 bits per heavy atom. The van der Waals surface area contributed by atoms with Crippen molar-refractivity contribution >= 4 is 83.7 Å². The zero-order valence-electron chi connectivity index (χ0n) is 33.0. The number of amides is 3. The van der Waals surface area contributed by atoms with Crippen LogP contribution in [-0.2, 0) is 28.3 Å². The highest BCUT2D eigenvalue weighted by atomic mass is 35.6. The van der Waals surface area contributed by atoms with Gasteiger partial charge in [-0.1, -0.05) is 106 Å². The number of aliphatic hydroxyl groups excluding tert-OH is 1. The molecular formula is C39H57Cl3N4O7Si. The summed E-state index contributed by atoms with van der Waals surface area (Å²) in [6, 6.07) is 8.96. The molecule has 1 fully saturated rings. The topological polar surface area (TPSA) is 146 Å². The van der Waals surface area contributed by atoms with Gasteiger partial charge in [-0.3, -0.25) is 24.2 Å². The Morgan fingerprint density at radius 2 is 1.63 bits per heavy atom. The van der Waals surface area contributed by atoms with Crippen LogP contribution in [0.25, 0.3) is 16.8 Å². The number of halogens is 3. The van der Waals surface area contributed by atoms with Gasteiger partial charge in [-0.25, -0.2) is 5.43 Å². The average molecular weight is 828 g/mol. The zero-order valence-corrected chi connectivity index (χ0v) is 36.3. The Kier molecular flexibility index (Phi) is 15.6. The van der Waals surface area contributed by atoms with Gasteiger partial charge in [0.25, 0.3) is 5.91 Å². The molecule has 15 heteroatoms. The van der Waals surface area contributed by atoms with Crippen molar-refractivity contribution in [2.45, 2.75) is 114 Å². The highest BCUT2D eigenvalue weighted by Gasteiger charge is 2.42. The van der Waals surface area contributed by atoms with Crippen LogP contribution in [0.4, 0.5) is 0 Å². The molecule has 1 heterocycles. The predicted octanol–water partition coefficient (Wildman–Crippen LogP) is 6.99. The van der Waals surface area contributed by atoms with Crippen LogP contribution in [0, 0.1) is 11.3 Å². The quantitative estimate of drug-likeness (QED) is 0.0907. The van der Waals surface area contributed by atoms with E-state index in [0.717, 1.165) is 21.9 Å². The van der Waals surface area contributed by atoms with Gasteiger partial charge >= 0.3 is 5.97 Å². The summed E-state index contributed by atoms with van der Waals surface area (Å²) in [5.41, 5.74) is 3.34. The summed E-state index contributed by atoms with van der Waals surface area (Å²) < 4.78 is 9.90. The van der Waals surface area contributed by atoms with E-state index in [4.69, 9.17) is 44.0 Å². The van der Waals surface area contributed by atoms with E-state index in [-0.39, 0.29) is 17.6 Å². The predicted molar refractivity (Wildman–Crippen MR) is 218 cm³/mol. The standard InChI is InChI=1S/C39H57Cl3N4O7Si/c1-24(2)32(33(48)43-25(3)34(49)46-19-11-12-31(45-46)35(50)52-23-39(40,41)42)44-36(51)38(8,22-53-54(9,10)37(5,6)7)18-17-27-13-14-28-15-16-29(26(4)47)21-30(28)20-27/h13-18,20-21,24-26,31-32,45,47H,11-12,19,22-23H2,1-10H3,(H,43,48)(H,44,51)/t25-,26+,31-,32-,38+/m0/s1. The van der Waals surface area contributed by atoms with E-state index in [2.05, 4.69) is 49.9 Å². The maximum atomic E-state index is 14.3. The molecule has 11 nitrogen and oxygen atoms in total. The van der Waals surface area contributed by atoms with E-state index >= 15 is 0 Å². The number of carbonyl (C=O) groups is 4. The fraction of sp³-hybridized carbons (Fsp3) is 0.590. The summed E-state index contributed by atoms with van der Waals surface area (Å²) in [5.74, 6) is -2.41. The molecule has 0 spiro atoms. The van der Waals surface area contributed by atoms with Crippen molar-refractivity contribution in [3.63, 3.8) is 0 Å². The van der Waals surface area contributed by atoms with Crippen molar-refractivity contribution in [2.24, 2.45) is 11.3 Å². The van der Waals surface area contributed by atoms with Crippen molar-refractivity contribution in [3.05, 3.63) is 53.6 Å². The molecule has 2 aromatic rings. The maximum absolute atomic E-state index is 14.3. The number of hydrogen-bond acceptors (Lipinski definition) is 8. The monoisotopic (exact) mass is 826 g/mol. The van der Waals surface area contributed by atoms with Gasteiger partial charge in [-0.05, 0) is 91.7 Å². The number of alkyl halides is 3. The van der Waals surface area contributed by atoms with Gasteiger partial charge in [-0.15, -0.1) is 0 Å². The second-order valence-corrected chi connectivity index (χ2v) is 23.6. The molecule has 1 saturated heterocycles. The number of nitrogens with zero attached hydrogens (tertiary/aromatic N) is 1. The number of carbonyl (C=O) groups excluding carboxylic acids is 4. The molecule has 0 aliphatic carbocycles. The minimum Gasteiger partial charge on any atom is -0.460 e. The van der Waals surface area contributed by atoms with Gasteiger partial charge < -0.3 is 24.9 Å². The molecule has 1 aliphatic heterocycles. The van der Waals surface area contributed by atoms with E-state index in [1.165, 1.54) is 5.01 Å². The lowest BCUT2D eigenvalue weighted by molar-refractivity contribution is -0.152. The van der Waals surface area contributed by atoms with Gasteiger partial charge in [0.2, 0.25) is 15.6 Å². The number of aliphatic hydroxyl groups is 1. The smallest absolute Gasteiger partial charge is 0.325 e. The highest BCUT2D eigenvalue weighted by Crippen LogP contribution is 2.38. The molecule has 5 atom stereocenters. The summed E-state index contributed by atoms with van der Waals surface area (Å²) in [6.07, 6.45) is 3.99. The van der Waals surface area contributed by atoms with E-state index < -0.39 is 72.1 Å². The number of ether oxygens (including phenoxy) is 1. The third kappa shape index (κ3) is 12.7. The zero-order chi connectivity index (χ0) is 40.8. The first kappa shape index (κ1) is 45.7. The van der Waals surface area contributed by atoms with E-state index in [1.807, 2.05) is 62.4 Å². The van der Waals surface area contributed by atoms with E-state index in [1.54, 1.807) is 20.8 Å². The molecule has 0 saturated carbocycles. The van der Waals surface area contributed by atoms with Crippen LogP contribution >= 0.6 is 34.8 Å². The van der Waals surface area contributed by atoms with E-state index in [0.29, 0.717) is 19.4 Å². The molecule has 0 aromatic heterocycles. The van der Waals surface area contributed by atoms with Crippen LogP contribution in [0.15, 0.2) is 42.5 Å². The lowest BCUT2D eigenvalue weighted by Crippen LogP contribution is -2.61. The number of hydrazine groups is 1. The van der Waals surface area contributed by atoms with Crippen molar-refractivity contribution in [3.8, 4) is 0 Å². The number of esters is 1. The average Bonchev–Trinajstić information content (AvgIpc) is 3.09. The van der Waals surface area contributed by atoms with Crippen LogP contribution in [0.2, 0.25) is 18.1 Å². The molecule has 4 N–H and O–H groups in total. The molecule has 3 amide bonds. The second-order valence-electron chi connectivity index (χ2n) is 16.3. The van der Waals surface area contributed by atoms with Crippen molar-refractivity contribution in [1.29, 1.82) is 0 Å². The summed E-state index contributed by atoms with van der Waals surface area (Å²) in [4.78, 5) is 54.0. The minimum atomic E-state index is -2.29. The summed E-state index contributed by atoms with van der Waals surface area (Å²) >= 11 is 17.1. The van der Waals surface area contributed by atoms with Gasteiger partial charge in [0.05, 0.1) is 18.1 Å². The Bertz CT molecular complexity index is 1690. The lowest BCUT2D eigenvalue weighted by Gasteiger charge is -2.39. The Morgan fingerprint density at radius 3 is 2.22 bits per heavy atom. The Balaban J connectivity index is 1.81. The molecule has 0 bridgehead atoms. The fourth-order valence-electron chi connectivity index (χ4n) is 5.47. The first-order valence-electron chi connectivity index (χ1n) is 18.3. The molecule has 54 heavy (non-hydrogen) atoms. The van der Waals surface area contributed by atoms with Gasteiger partial charge in [0.1, 0.15) is 24.7 Å². The van der Waals surface area contributed by atoms with Crippen molar-refractivity contribution < 1.29 is 33.4 Å². The lowest BCUT2D eigenvalue weighted by atomic mass is 9.88. The maximum Gasteiger partial charge on any atom is 0.325 e. The number of rotatable bonds is 14. The van der Waals surface area contributed by atoms with Crippen LogP contribution in [-0.4, -0.2) is 83.8 Å². The highest BCUT2D eigenvalue weighted by molar-refractivity contribution is 6.74.